The van der Waals surface area contributed by atoms with E-state index in [-0.39, 0.29) is 52.1 Å². The first-order chi connectivity index (χ1) is 19.2. The molecule has 3 heterocycles. The second kappa shape index (κ2) is 10.6. The maximum Gasteiger partial charge on any atom is 0.258 e. The molecule has 40 heavy (non-hydrogen) atoms. The molecule has 2 aromatic heterocycles. The number of hydrogen-bond acceptors (Lipinski definition) is 8. The van der Waals surface area contributed by atoms with Gasteiger partial charge in [0.25, 0.3) is 5.91 Å². The van der Waals surface area contributed by atoms with Gasteiger partial charge in [-0.25, -0.2) is 23.4 Å². The van der Waals surface area contributed by atoms with Gasteiger partial charge >= 0.3 is 0 Å². The predicted octanol–water partition coefficient (Wildman–Crippen LogP) is 4.23. The Morgan fingerprint density at radius 1 is 1.15 bits per heavy atom. The zero-order chi connectivity index (χ0) is 28.6. The van der Waals surface area contributed by atoms with Crippen LogP contribution in [0.2, 0.25) is 0 Å². The van der Waals surface area contributed by atoms with E-state index in [0.717, 1.165) is 18.3 Å². The molecule has 0 spiro atoms. The van der Waals surface area contributed by atoms with E-state index in [1.165, 1.54) is 48.5 Å². The molecule has 12 heteroatoms. The van der Waals surface area contributed by atoms with Crippen molar-refractivity contribution in [1.29, 1.82) is 5.41 Å². The number of aliphatic hydroxyl groups excluding tert-OH is 1. The number of rotatable bonds is 6. The lowest BCUT2D eigenvalue weighted by molar-refractivity contribution is -0.128. The highest BCUT2D eigenvalue weighted by atomic mass is 19.1. The van der Waals surface area contributed by atoms with Crippen LogP contribution in [0.3, 0.4) is 0 Å². The molecule has 10 nitrogen and oxygen atoms in total. The van der Waals surface area contributed by atoms with E-state index in [9.17, 15) is 19.1 Å². The molecule has 1 fully saturated rings. The number of nitrogens with zero attached hydrogens (tertiary/aromatic N) is 5. The predicted molar refractivity (Wildman–Crippen MR) is 144 cm³/mol. The Morgan fingerprint density at radius 2 is 1.93 bits per heavy atom. The molecule has 5 rings (SSSR count). The van der Waals surface area contributed by atoms with Crippen molar-refractivity contribution in [1.82, 2.24) is 24.6 Å². The van der Waals surface area contributed by atoms with E-state index >= 15 is 4.39 Å². The van der Waals surface area contributed by atoms with E-state index in [0.29, 0.717) is 30.4 Å². The number of nitrogens with two attached hydrogens (primary N) is 1. The van der Waals surface area contributed by atoms with Gasteiger partial charge in [-0.2, -0.15) is 5.10 Å². The number of ketones is 1. The van der Waals surface area contributed by atoms with Crippen LogP contribution in [-0.2, 0) is 4.79 Å². The molecule has 0 radical (unpaired) electrons. The maximum absolute atomic E-state index is 15.5. The average molecular weight is 546 g/mol. The summed E-state index contributed by atoms with van der Waals surface area (Å²) in [5.41, 5.74) is 6.79. The van der Waals surface area contributed by atoms with Crippen LogP contribution < -0.4 is 5.73 Å². The van der Waals surface area contributed by atoms with Gasteiger partial charge in [0.15, 0.2) is 11.4 Å². The van der Waals surface area contributed by atoms with Gasteiger partial charge in [0.1, 0.15) is 35.2 Å². The lowest BCUT2D eigenvalue weighted by Crippen LogP contribution is -2.42. The number of nitrogens with one attached hydrogen (secondary N) is 1. The monoisotopic (exact) mass is 545 g/mol. The lowest BCUT2D eigenvalue weighted by atomic mass is 10.00. The number of piperidine rings is 1. The Balaban J connectivity index is 1.53. The smallest absolute Gasteiger partial charge is 0.258 e. The van der Waals surface area contributed by atoms with Gasteiger partial charge in [0.05, 0.1) is 17.0 Å². The second-order valence-electron chi connectivity index (χ2n) is 9.48. The van der Waals surface area contributed by atoms with Crippen LogP contribution in [-0.4, -0.2) is 60.7 Å². The first-order valence-electron chi connectivity index (χ1n) is 12.5. The third-order valence-electron chi connectivity index (χ3n) is 6.89. The molecule has 0 bridgehead atoms. The Labute approximate surface area is 227 Å². The molecule has 204 valence electrons. The van der Waals surface area contributed by atoms with Crippen molar-refractivity contribution in [2.75, 3.05) is 18.8 Å². The highest BCUT2D eigenvalue weighted by Gasteiger charge is 2.30. The molecule has 1 atom stereocenters. The molecule has 1 saturated heterocycles. The number of fused-ring (bicyclic) bond motifs is 1. The fraction of sp³-hybridized carbons (Fsp3) is 0.214. The molecule has 1 aliphatic heterocycles. The average Bonchev–Trinajstić information content (AvgIpc) is 3.33. The number of aromatic nitrogens is 4. The van der Waals surface area contributed by atoms with Crippen molar-refractivity contribution < 1.29 is 23.5 Å². The highest BCUT2D eigenvalue weighted by molar-refractivity contribution is 6.11. The van der Waals surface area contributed by atoms with Crippen molar-refractivity contribution in [3.63, 3.8) is 0 Å². The van der Waals surface area contributed by atoms with Gasteiger partial charge in [-0.3, -0.25) is 9.59 Å². The summed E-state index contributed by atoms with van der Waals surface area (Å²) >= 11 is 0. The molecule has 1 amide bonds. The number of hydrogen-bond donors (Lipinski definition) is 3. The van der Waals surface area contributed by atoms with E-state index in [2.05, 4.69) is 15.1 Å². The molecular weight excluding hydrogens is 520 g/mol. The maximum atomic E-state index is 15.5. The van der Waals surface area contributed by atoms with Gasteiger partial charge < -0.3 is 21.1 Å². The molecule has 4 N–H and O–H groups in total. The number of allylic oxidation sites excluding steroid dienone is 1. The molecular formula is C28H25F2N7O3. The minimum atomic E-state index is -0.739. The summed E-state index contributed by atoms with van der Waals surface area (Å²) in [6.07, 6.45) is 3.35. The number of anilines is 1. The standard InChI is InChI=1S/C28H25F2N7O3/c1-15(38)21(12-31)28(40)36-9-3-6-19(13-36)37-27-23(26(32)33-14-34-27)24(35-37)20-8-7-17(11-22(20)30)25(39)16-4-2-5-18(29)10-16/h2,4-5,7-8,10-12,14,19,31,38H,3,6,9,13H2,1H3,(H2,32,33,34)/b21-15+,31-12?. The van der Waals surface area contributed by atoms with Crippen LogP contribution in [0.4, 0.5) is 14.6 Å². The third kappa shape index (κ3) is 4.79. The normalized spacial score (nSPS) is 16.1. The van der Waals surface area contributed by atoms with E-state index < -0.39 is 23.3 Å². The molecule has 4 aromatic rings. The summed E-state index contributed by atoms with van der Waals surface area (Å²) in [6.45, 7) is 1.99. The molecule has 2 aromatic carbocycles. The first-order valence-corrected chi connectivity index (χ1v) is 12.5. The zero-order valence-electron chi connectivity index (χ0n) is 21.4. The fourth-order valence-electron chi connectivity index (χ4n) is 4.91. The number of carbonyl (C=O) groups excluding carboxylic acids is 2. The Hall–Kier alpha value is -5.00. The Bertz CT molecular complexity index is 1690. The van der Waals surface area contributed by atoms with Crippen molar-refractivity contribution in [3.8, 4) is 11.3 Å². The van der Waals surface area contributed by atoms with Crippen LogP contribution >= 0.6 is 0 Å². The number of halogens is 2. The lowest BCUT2D eigenvalue weighted by Gasteiger charge is -2.33. The second-order valence-corrected chi connectivity index (χ2v) is 9.48. The summed E-state index contributed by atoms with van der Waals surface area (Å²) in [7, 11) is 0. The van der Waals surface area contributed by atoms with Crippen LogP contribution in [0.25, 0.3) is 22.3 Å². The number of aliphatic hydroxyl groups is 1. The molecule has 0 aliphatic carbocycles. The minimum absolute atomic E-state index is 0.0375. The van der Waals surface area contributed by atoms with Gasteiger partial charge in [-0.1, -0.05) is 18.2 Å². The Kier molecular flexibility index (Phi) is 7.07. The van der Waals surface area contributed by atoms with Crippen LogP contribution in [0, 0.1) is 17.0 Å². The summed E-state index contributed by atoms with van der Waals surface area (Å²) in [4.78, 5) is 35.7. The minimum Gasteiger partial charge on any atom is -0.512 e. The SMILES string of the molecule is C/C(O)=C(/C=N)C(=O)N1CCCC(n2nc(-c3ccc(C(=O)c4cccc(F)c4)cc3F)c3c(N)ncnc32)C1. The van der Waals surface area contributed by atoms with Gasteiger partial charge in [0, 0.05) is 36.0 Å². The largest absolute Gasteiger partial charge is 0.512 e. The van der Waals surface area contributed by atoms with Gasteiger partial charge in [-0.15, -0.1) is 0 Å². The molecule has 1 unspecified atom stereocenters. The summed E-state index contributed by atoms with van der Waals surface area (Å²) in [6, 6.07) is 8.70. The fourth-order valence-corrected chi connectivity index (χ4v) is 4.91. The van der Waals surface area contributed by atoms with Crippen molar-refractivity contribution in [2.24, 2.45) is 0 Å². The topological polar surface area (TPSA) is 151 Å². The van der Waals surface area contributed by atoms with Gasteiger partial charge in [0.2, 0.25) is 0 Å². The number of nitrogen functional groups attached to an aromatic ring is 1. The van der Waals surface area contributed by atoms with Gasteiger partial charge in [-0.05, 0) is 44.0 Å². The first kappa shape index (κ1) is 26.6. The van der Waals surface area contributed by atoms with E-state index in [1.54, 1.807) is 4.68 Å². The third-order valence-corrected chi connectivity index (χ3v) is 6.89. The van der Waals surface area contributed by atoms with Crippen molar-refractivity contribution >= 4 is 34.8 Å². The number of carbonyl (C=O) groups is 2. The van der Waals surface area contributed by atoms with Crippen molar-refractivity contribution in [3.05, 3.63) is 82.9 Å². The summed E-state index contributed by atoms with van der Waals surface area (Å²) < 4.78 is 30.7. The van der Waals surface area contributed by atoms with E-state index in [1.807, 2.05) is 0 Å². The molecule has 0 saturated carbocycles. The van der Waals surface area contributed by atoms with Crippen LogP contribution in [0.1, 0.15) is 41.7 Å². The van der Waals surface area contributed by atoms with Crippen molar-refractivity contribution in [2.45, 2.75) is 25.8 Å². The molecule has 1 aliphatic rings. The number of likely N-dealkylation sites (tertiary alicyclic amines) is 1. The van der Waals surface area contributed by atoms with E-state index in [4.69, 9.17) is 11.1 Å². The summed E-state index contributed by atoms with van der Waals surface area (Å²) in [5, 5.41) is 22.3. The number of amides is 1. The summed E-state index contributed by atoms with van der Waals surface area (Å²) in [5.74, 6) is -2.49. The Morgan fingerprint density at radius 3 is 2.62 bits per heavy atom. The quantitative estimate of drug-likeness (QED) is 0.142. The zero-order valence-corrected chi connectivity index (χ0v) is 21.4. The van der Waals surface area contributed by atoms with Crippen LogP contribution in [0.15, 0.2) is 60.1 Å². The highest BCUT2D eigenvalue weighted by Crippen LogP contribution is 2.35. The number of benzene rings is 2. The van der Waals surface area contributed by atoms with Crippen LogP contribution in [0.5, 0.6) is 0 Å².